The van der Waals surface area contributed by atoms with E-state index in [0.717, 1.165) is 21.7 Å². The summed E-state index contributed by atoms with van der Waals surface area (Å²) in [6.45, 7) is 2.38. The van der Waals surface area contributed by atoms with E-state index in [4.69, 9.17) is 38.2 Å². The predicted molar refractivity (Wildman–Crippen MR) is 110 cm³/mol. The van der Waals surface area contributed by atoms with Gasteiger partial charge in [0, 0.05) is 29.4 Å². The van der Waals surface area contributed by atoms with Gasteiger partial charge in [0.1, 0.15) is 5.82 Å². The molecule has 0 amide bonds. The maximum Gasteiger partial charge on any atom is 0.222 e. The van der Waals surface area contributed by atoms with Gasteiger partial charge in [-0.2, -0.15) is 5.26 Å². The van der Waals surface area contributed by atoms with Crippen LogP contribution in [0.15, 0.2) is 42.9 Å². The molecule has 8 heteroatoms. The van der Waals surface area contributed by atoms with Gasteiger partial charge < -0.3 is 10.1 Å². The zero-order chi connectivity index (χ0) is 19.7. The molecule has 0 unspecified atom stereocenters. The second-order valence-electron chi connectivity index (χ2n) is 5.88. The number of ether oxygens (including phenoxy) is 1. The molecule has 138 valence electrons. The van der Waals surface area contributed by atoms with Crippen molar-refractivity contribution in [3.8, 4) is 11.9 Å². The Labute approximate surface area is 170 Å². The lowest BCUT2D eigenvalue weighted by atomic mass is 10.1. The highest BCUT2D eigenvalue weighted by Gasteiger charge is 2.16. The molecule has 0 atom stereocenters. The average molecular weight is 410 g/mol. The zero-order valence-corrected chi connectivity index (χ0v) is 16.2. The molecule has 0 radical (unpaired) electrons. The van der Waals surface area contributed by atoms with Gasteiger partial charge in [-0.05, 0) is 31.2 Å². The summed E-state index contributed by atoms with van der Waals surface area (Å²) in [6, 6.07) is 8.78. The third-order valence-corrected chi connectivity index (χ3v) is 4.76. The second-order valence-corrected chi connectivity index (χ2v) is 6.69. The average Bonchev–Trinajstić information content (AvgIpc) is 2.70. The highest BCUT2D eigenvalue weighted by molar-refractivity contribution is 6.39. The molecular formula is C20H13Cl2N5O. The van der Waals surface area contributed by atoms with E-state index in [1.54, 1.807) is 30.7 Å². The maximum absolute atomic E-state index is 9.08. The molecule has 3 heterocycles. The quantitative estimate of drug-likeness (QED) is 0.448. The predicted octanol–water partition coefficient (Wildman–Crippen LogP) is 5.50. The number of nitriles is 1. The molecule has 1 N–H and O–H groups in total. The van der Waals surface area contributed by atoms with Crippen LogP contribution in [-0.2, 0) is 0 Å². The van der Waals surface area contributed by atoms with Gasteiger partial charge in [0.05, 0.1) is 44.9 Å². The van der Waals surface area contributed by atoms with E-state index >= 15 is 0 Å². The zero-order valence-electron chi connectivity index (χ0n) is 14.7. The highest BCUT2D eigenvalue weighted by atomic mass is 35.5. The smallest absolute Gasteiger partial charge is 0.222 e. The van der Waals surface area contributed by atoms with E-state index in [0.29, 0.717) is 39.6 Å². The van der Waals surface area contributed by atoms with Crippen molar-refractivity contribution < 1.29 is 4.74 Å². The van der Waals surface area contributed by atoms with Crippen molar-refractivity contribution >= 4 is 56.4 Å². The summed E-state index contributed by atoms with van der Waals surface area (Å²) < 4.78 is 5.73. The molecule has 3 aromatic heterocycles. The van der Waals surface area contributed by atoms with E-state index in [9.17, 15) is 0 Å². The normalized spacial score (nSPS) is 10.8. The van der Waals surface area contributed by atoms with Gasteiger partial charge in [-0.3, -0.25) is 4.98 Å². The minimum absolute atomic E-state index is 0.327. The van der Waals surface area contributed by atoms with Crippen LogP contribution in [0, 0.1) is 11.3 Å². The van der Waals surface area contributed by atoms with Gasteiger partial charge in [0.2, 0.25) is 5.88 Å². The molecule has 0 spiro atoms. The third kappa shape index (κ3) is 3.15. The molecule has 0 aliphatic heterocycles. The molecule has 0 aliphatic rings. The van der Waals surface area contributed by atoms with E-state index in [1.807, 2.05) is 25.1 Å². The first kappa shape index (κ1) is 18.2. The van der Waals surface area contributed by atoms with Gasteiger partial charge in [0.15, 0.2) is 0 Å². The van der Waals surface area contributed by atoms with Crippen LogP contribution in [0.4, 0.5) is 11.5 Å². The first-order chi connectivity index (χ1) is 13.6. The van der Waals surface area contributed by atoms with Crippen LogP contribution in [0.2, 0.25) is 10.0 Å². The number of aromatic nitrogens is 3. The standard InChI is InChI=1S/C20H13Cl2N5O/c1-2-28-20-17-12(3-6-25-20)19(26-16-4-5-24-10-13(16)17)27-18-14(21)7-11(9-23)8-15(18)22/h3-8,10H,2H2,1H3,(H,26,27). The first-order valence-electron chi connectivity index (χ1n) is 8.43. The van der Waals surface area contributed by atoms with Crippen LogP contribution in [0.3, 0.4) is 0 Å². The Balaban J connectivity index is 1.97. The van der Waals surface area contributed by atoms with Gasteiger partial charge in [-0.15, -0.1) is 0 Å². The summed E-state index contributed by atoms with van der Waals surface area (Å²) in [7, 11) is 0. The molecule has 0 fully saturated rings. The molecule has 4 aromatic rings. The fraction of sp³-hybridized carbons (Fsp3) is 0.100. The highest BCUT2D eigenvalue weighted by Crippen LogP contribution is 2.38. The van der Waals surface area contributed by atoms with Crippen molar-refractivity contribution in [3.63, 3.8) is 0 Å². The summed E-state index contributed by atoms with van der Waals surface area (Å²) in [5.74, 6) is 1.05. The summed E-state index contributed by atoms with van der Waals surface area (Å²) in [4.78, 5) is 13.3. The largest absolute Gasteiger partial charge is 0.478 e. The van der Waals surface area contributed by atoms with Gasteiger partial charge >= 0.3 is 0 Å². The van der Waals surface area contributed by atoms with Crippen LogP contribution in [-0.4, -0.2) is 21.6 Å². The Kier molecular flexibility index (Phi) is 4.86. The molecule has 0 bridgehead atoms. The Hall–Kier alpha value is -3.14. The van der Waals surface area contributed by atoms with Crippen LogP contribution in [0.25, 0.3) is 21.7 Å². The minimum atomic E-state index is 0.327. The topological polar surface area (TPSA) is 83.7 Å². The number of hydrogen-bond donors (Lipinski definition) is 1. The molecule has 0 saturated heterocycles. The van der Waals surface area contributed by atoms with Crippen molar-refractivity contribution in [2.45, 2.75) is 6.92 Å². The molecule has 28 heavy (non-hydrogen) atoms. The molecular weight excluding hydrogens is 397 g/mol. The molecule has 4 rings (SSSR count). The SMILES string of the molecule is CCOc1nccc2c(Nc3c(Cl)cc(C#N)cc3Cl)nc3ccncc3c12. The minimum Gasteiger partial charge on any atom is -0.478 e. The van der Waals surface area contributed by atoms with Crippen molar-refractivity contribution in [2.75, 3.05) is 11.9 Å². The second kappa shape index (κ2) is 7.47. The fourth-order valence-electron chi connectivity index (χ4n) is 2.98. The molecule has 0 saturated carbocycles. The number of anilines is 2. The van der Waals surface area contributed by atoms with E-state index in [1.165, 1.54) is 0 Å². The van der Waals surface area contributed by atoms with Crippen LogP contribution < -0.4 is 10.1 Å². The number of fused-ring (bicyclic) bond motifs is 3. The number of nitrogens with one attached hydrogen (secondary N) is 1. The molecule has 1 aromatic carbocycles. The van der Waals surface area contributed by atoms with Crippen LogP contribution >= 0.6 is 23.2 Å². The monoisotopic (exact) mass is 409 g/mol. The summed E-state index contributed by atoms with van der Waals surface area (Å²) >= 11 is 12.7. The molecule has 0 aliphatic carbocycles. The van der Waals surface area contributed by atoms with Crippen molar-refractivity contribution in [1.82, 2.24) is 15.0 Å². The lowest BCUT2D eigenvalue weighted by Crippen LogP contribution is -2.01. The van der Waals surface area contributed by atoms with Crippen LogP contribution in [0.5, 0.6) is 5.88 Å². The van der Waals surface area contributed by atoms with E-state index in [2.05, 4.69) is 15.3 Å². The van der Waals surface area contributed by atoms with Crippen molar-refractivity contribution in [1.29, 1.82) is 5.26 Å². The number of nitrogens with zero attached hydrogens (tertiary/aromatic N) is 4. The maximum atomic E-state index is 9.08. The lowest BCUT2D eigenvalue weighted by molar-refractivity contribution is 0.331. The number of benzene rings is 1. The first-order valence-corrected chi connectivity index (χ1v) is 9.19. The fourth-order valence-corrected chi connectivity index (χ4v) is 3.56. The Morgan fingerprint density at radius 3 is 2.64 bits per heavy atom. The number of hydrogen-bond acceptors (Lipinski definition) is 6. The lowest BCUT2D eigenvalue weighted by Gasteiger charge is -2.15. The third-order valence-electron chi connectivity index (χ3n) is 4.17. The van der Waals surface area contributed by atoms with Gasteiger partial charge in [-0.1, -0.05) is 23.2 Å². The number of halogens is 2. The summed E-state index contributed by atoms with van der Waals surface area (Å²) in [6.07, 6.45) is 5.06. The van der Waals surface area contributed by atoms with Gasteiger partial charge in [0.25, 0.3) is 0 Å². The summed E-state index contributed by atoms with van der Waals surface area (Å²) in [5, 5.41) is 15.4. The van der Waals surface area contributed by atoms with E-state index < -0.39 is 0 Å². The Bertz CT molecular complexity index is 1230. The van der Waals surface area contributed by atoms with Crippen LogP contribution in [0.1, 0.15) is 12.5 Å². The molecule has 6 nitrogen and oxygen atoms in total. The van der Waals surface area contributed by atoms with Crippen molar-refractivity contribution in [2.24, 2.45) is 0 Å². The number of pyridine rings is 3. The van der Waals surface area contributed by atoms with Crippen molar-refractivity contribution in [3.05, 3.63) is 58.5 Å². The Morgan fingerprint density at radius 2 is 1.93 bits per heavy atom. The Morgan fingerprint density at radius 1 is 1.14 bits per heavy atom. The van der Waals surface area contributed by atoms with Gasteiger partial charge in [-0.25, -0.2) is 9.97 Å². The van der Waals surface area contributed by atoms with E-state index in [-0.39, 0.29) is 0 Å². The summed E-state index contributed by atoms with van der Waals surface area (Å²) in [5.41, 5.74) is 1.57. The number of rotatable bonds is 4.